The summed E-state index contributed by atoms with van der Waals surface area (Å²) in [7, 11) is 0. The standard InChI is InChI=1S/C20H30BrN3O2/c1-14(2)23(15(3)4)13-11-22-19(25)18-6-5-12-24(18)20(26)16-7-9-17(21)10-8-16/h7-10,14-15,18H,5-6,11-13H2,1-4H3,(H,22,25). The van der Waals surface area contributed by atoms with E-state index in [0.29, 0.717) is 30.7 Å². The van der Waals surface area contributed by atoms with Crippen LogP contribution in [-0.2, 0) is 4.79 Å². The Kier molecular flexibility index (Phi) is 7.65. The van der Waals surface area contributed by atoms with Crippen LogP contribution in [0.3, 0.4) is 0 Å². The highest BCUT2D eigenvalue weighted by molar-refractivity contribution is 9.10. The topological polar surface area (TPSA) is 52.7 Å². The van der Waals surface area contributed by atoms with Crippen LogP contribution in [0.25, 0.3) is 0 Å². The molecule has 1 unspecified atom stereocenters. The molecule has 2 rings (SSSR count). The Hall–Kier alpha value is -1.40. The van der Waals surface area contributed by atoms with Crippen LogP contribution in [0.15, 0.2) is 28.7 Å². The number of halogens is 1. The fraction of sp³-hybridized carbons (Fsp3) is 0.600. The van der Waals surface area contributed by atoms with Crippen molar-refractivity contribution < 1.29 is 9.59 Å². The fourth-order valence-corrected chi connectivity index (χ4v) is 3.84. The van der Waals surface area contributed by atoms with Crippen molar-refractivity contribution >= 4 is 27.7 Å². The highest BCUT2D eigenvalue weighted by Crippen LogP contribution is 2.21. The Labute approximate surface area is 165 Å². The van der Waals surface area contributed by atoms with Gasteiger partial charge in [0.05, 0.1) is 0 Å². The molecular weight excluding hydrogens is 394 g/mol. The second-order valence-electron chi connectivity index (χ2n) is 7.38. The van der Waals surface area contributed by atoms with Crippen LogP contribution in [0.5, 0.6) is 0 Å². The first kappa shape index (κ1) is 20.9. The maximum Gasteiger partial charge on any atom is 0.254 e. The van der Waals surface area contributed by atoms with E-state index in [1.807, 2.05) is 12.1 Å². The van der Waals surface area contributed by atoms with E-state index in [1.165, 1.54) is 0 Å². The average molecular weight is 424 g/mol. The minimum atomic E-state index is -0.363. The third-order valence-corrected chi connectivity index (χ3v) is 5.43. The number of carbonyl (C=O) groups is 2. The van der Waals surface area contributed by atoms with Gasteiger partial charge in [0.15, 0.2) is 0 Å². The lowest BCUT2D eigenvalue weighted by atomic mass is 10.1. The summed E-state index contributed by atoms with van der Waals surface area (Å²) in [5.74, 6) is -0.110. The Morgan fingerprint density at radius 2 is 1.81 bits per heavy atom. The SMILES string of the molecule is CC(C)N(CCNC(=O)C1CCCN1C(=O)c1ccc(Br)cc1)C(C)C. The molecule has 1 aromatic carbocycles. The molecule has 0 aromatic heterocycles. The van der Waals surface area contributed by atoms with Crippen molar-refractivity contribution in [1.82, 2.24) is 15.1 Å². The number of hydrogen-bond donors (Lipinski definition) is 1. The minimum Gasteiger partial charge on any atom is -0.353 e. The third kappa shape index (κ3) is 5.30. The van der Waals surface area contributed by atoms with Crippen molar-refractivity contribution in [2.75, 3.05) is 19.6 Å². The first-order valence-electron chi connectivity index (χ1n) is 9.41. The minimum absolute atomic E-state index is 0.0413. The van der Waals surface area contributed by atoms with Crippen LogP contribution in [0, 0.1) is 0 Å². The van der Waals surface area contributed by atoms with Crippen LogP contribution in [-0.4, -0.2) is 59.4 Å². The lowest BCUT2D eigenvalue weighted by Crippen LogP contribution is -2.48. The van der Waals surface area contributed by atoms with Gasteiger partial charge in [-0.05, 0) is 64.8 Å². The van der Waals surface area contributed by atoms with Gasteiger partial charge in [0.25, 0.3) is 5.91 Å². The smallest absolute Gasteiger partial charge is 0.254 e. The van der Waals surface area contributed by atoms with E-state index in [-0.39, 0.29) is 17.9 Å². The Bertz CT molecular complexity index is 608. The maximum absolute atomic E-state index is 12.8. The van der Waals surface area contributed by atoms with Crippen LogP contribution in [0.4, 0.5) is 0 Å². The molecule has 0 radical (unpaired) electrons. The predicted molar refractivity (Wildman–Crippen MR) is 108 cm³/mol. The number of nitrogens with one attached hydrogen (secondary N) is 1. The molecule has 1 N–H and O–H groups in total. The van der Waals surface area contributed by atoms with E-state index in [2.05, 4.69) is 53.8 Å². The Balaban J connectivity index is 1.93. The summed E-state index contributed by atoms with van der Waals surface area (Å²) in [6.45, 7) is 10.7. The summed E-state index contributed by atoms with van der Waals surface area (Å²) in [6, 6.07) is 7.81. The van der Waals surface area contributed by atoms with Crippen molar-refractivity contribution in [2.45, 2.75) is 58.7 Å². The van der Waals surface area contributed by atoms with Gasteiger partial charge in [-0.1, -0.05) is 15.9 Å². The number of rotatable bonds is 7. The lowest BCUT2D eigenvalue weighted by Gasteiger charge is -2.31. The molecule has 26 heavy (non-hydrogen) atoms. The van der Waals surface area contributed by atoms with Crippen molar-refractivity contribution in [3.05, 3.63) is 34.3 Å². The van der Waals surface area contributed by atoms with Crippen molar-refractivity contribution in [1.29, 1.82) is 0 Å². The predicted octanol–water partition coefficient (Wildman–Crippen LogP) is 3.29. The van der Waals surface area contributed by atoms with Crippen molar-refractivity contribution in [2.24, 2.45) is 0 Å². The Morgan fingerprint density at radius 3 is 2.38 bits per heavy atom. The zero-order chi connectivity index (χ0) is 19.3. The maximum atomic E-state index is 12.8. The van der Waals surface area contributed by atoms with Gasteiger partial charge >= 0.3 is 0 Å². The molecule has 2 amide bonds. The van der Waals surface area contributed by atoms with Crippen LogP contribution >= 0.6 is 15.9 Å². The quantitative estimate of drug-likeness (QED) is 0.731. The molecule has 0 bridgehead atoms. The summed E-state index contributed by atoms with van der Waals surface area (Å²) in [5, 5.41) is 3.03. The van der Waals surface area contributed by atoms with E-state index in [4.69, 9.17) is 0 Å². The number of nitrogens with zero attached hydrogens (tertiary/aromatic N) is 2. The number of likely N-dealkylation sites (tertiary alicyclic amines) is 1. The van der Waals surface area contributed by atoms with Crippen LogP contribution in [0.1, 0.15) is 50.9 Å². The molecule has 1 saturated heterocycles. The molecule has 0 aliphatic carbocycles. The van der Waals surface area contributed by atoms with E-state index >= 15 is 0 Å². The first-order chi connectivity index (χ1) is 12.3. The van der Waals surface area contributed by atoms with Gasteiger partial charge in [-0.25, -0.2) is 0 Å². The fourth-order valence-electron chi connectivity index (χ4n) is 3.58. The normalized spacial score (nSPS) is 17.4. The largest absolute Gasteiger partial charge is 0.353 e. The zero-order valence-electron chi connectivity index (χ0n) is 16.2. The number of hydrogen-bond acceptors (Lipinski definition) is 3. The number of carbonyl (C=O) groups excluding carboxylic acids is 2. The van der Waals surface area contributed by atoms with Gasteiger partial charge in [-0.15, -0.1) is 0 Å². The number of benzene rings is 1. The summed E-state index contributed by atoms with van der Waals surface area (Å²) in [5.41, 5.74) is 0.624. The lowest BCUT2D eigenvalue weighted by molar-refractivity contribution is -0.124. The molecule has 6 heteroatoms. The molecule has 1 aromatic rings. The van der Waals surface area contributed by atoms with Crippen molar-refractivity contribution in [3.8, 4) is 0 Å². The second kappa shape index (κ2) is 9.51. The molecule has 5 nitrogen and oxygen atoms in total. The summed E-state index contributed by atoms with van der Waals surface area (Å²) < 4.78 is 0.935. The summed E-state index contributed by atoms with van der Waals surface area (Å²) in [4.78, 5) is 29.4. The molecule has 1 heterocycles. The molecule has 1 aliphatic rings. The van der Waals surface area contributed by atoms with E-state index in [0.717, 1.165) is 23.9 Å². The molecular formula is C20H30BrN3O2. The van der Waals surface area contributed by atoms with Gasteiger partial charge in [0.2, 0.25) is 5.91 Å². The van der Waals surface area contributed by atoms with Gasteiger partial charge in [0, 0.05) is 41.8 Å². The Morgan fingerprint density at radius 1 is 1.19 bits per heavy atom. The highest BCUT2D eigenvalue weighted by atomic mass is 79.9. The van der Waals surface area contributed by atoms with E-state index < -0.39 is 0 Å². The van der Waals surface area contributed by atoms with E-state index in [1.54, 1.807) is 17.0 Å². The van der Waals surface area contributed by atoms with E-state index in [9.17, 15) is 9.59 Å². The second-order valence-corrected chi connectivity index (χ2v) is 8.30. The molecule has 144 valence electrons. The third-order valence-electron chi connectivity index (χ3n) is 4.90. The van der Waals surface area contributed by atoms with Gasteiger partial charge in [-0.3, -0.25) is 14.5 Å². The summed E-state index contributed by atoms with van der Waals surface area (Å²) >= 11 is 3.38. The summed E-state index contributed by atoms with van der Waals surface area (Å²) in [6.07, 6.45) is 1.59. The molecule has 1 aliphatic heterocycles. The highest BCUT2D eigenvalue weighted by Gasteiger charge is 2.34. The monoisotopic (exact) mass is 423 g/mol. The molecule has 1 fully saturated rings. The first-order valence-corrected chi connectivity index (χ1v) is 10.2. The molecule has 0 spiro atoms. The van der Waals surface area contributed by atoms with Gasteiger partial charge < -0.3 is 10.2 Å². The number of amides is 2. The molecule has 0 saturated carbocycles. The van der Waals surface area contributed by atoms with Crippen LogP contribution < -0.4 is 5.32 Å². The van der Waals surface area contributed by atoms with Gasteiger partial charge in [0.1, 0.15) is 6.04 Å². The average Bonchev–Trinajstić information content (AvgIpc) is 3.07. The van der Waals surface area contributed by atoms with Crippen LogP contribution in [0.2, 0.25) is 0 Å². The zero-order valence-corrected chi connectivity index (χ0v) is 17.8. The van der Waals surface area contributed by atoms with Crippen molar-refractivity contribution in [3.63, 3.8) is 0 Å². The molecule has 1 atom stereocenters. The van der Waals surface area contributed by atoms with Gasteiger partial charge in [-0.2, -0.15) is 0 Å².